The Bertz CT molecular complexity index is 368. The molecule has 5 nitrogen and oxygen atoms in total. The van der Waals surface area contributed by atoms with Gasteiger partial charge in [0.1, 0.15) is 0 Å². The predicted molar refractivity (Wildman–Crippen MR) is 57.6 cm³/mol. The molecule has 0 spiro atoms. The van der Waals surface area contributed by atoms with Crippen molar-refractivity contribution in [1.29, 1.82) is 0 Å². The van der Waals surface area contributed by atoms with Crippen LogP contribution >= 0.6 is 11.8 Å². The van der Waals surface area contributed by atoms with Gasteiger partial charge >= 0.3 is 5.97 Å². The van der Waals surface area contributed by atoms with Crippen LogP contribution in [0.4, 0.5) is 5.69 Å². The van der Waals surface area contributed by atoms with Gasteiger partial charge in [0.25, 0.3) is 0 Å². The van der Waals surface area contributed by atoms with Gasteiger partial charge in [-0.1, -0.05) is 0 Å². The molecule has 0 aliphatic rings. The Kier molecular flexibility index (Phi) is 3.54. The number of carbonyl (C=O) groups is 1. The van der Waals surface area contributed by atoms with Gasteiger partial charge in [-0.2, -0.15) is 0 Å². The average Bonchev–Trinajstić information content (AvgIpc) is 2.16. The first-order valence-electron chi connectivity index (χ1n) is 4.21. The lowest BCUT2D eigenvalue weighted by molar-refractivity contribution is -0.154. The molecule has 1 aromatic rings. The Hall–Kier alpha value is -1.27. The number of carboxylic acids is 1. The number of thioether (sulfide) groups is 1. The van der Waals surface area contributed by atoms with Crippen molar-refractivity contribution in [2.24, 2.45) is 0 Å². The number of carboxylic acid groups (broad SMARTS) is 1. The number of pyridine rings is 1. The summed E-state index contributed by atoms with van der Waals surface area (Å²) in [6.45, 7) is 1.25. The van der Waals surface area contributed by atoms with E-state index in [4.69, 9.17) is 10.8 Å². The summed E-state index contributed by atoms with van der Waals surface area (Å²) >= 11 is 1.19. The molecule has 1 rings (SSSR count). The van der Waals surface area contributed by atoms with E-state index in [9.17, 15) is 9.90 Å². The topological polar surface area (TPSA) is 96.4 Å². The zero-order valence-electron chi connectivity index (χ0n) is 8.17. The van der Waals surface area contributed by atoms with E-state index in [1.165, 1.54) is 24.9 Å². The molecule has 0 amide bonds. The van der Waals surface area contributed by atoms with E-state index in [0.717, 1.165) is 0 Å². The zero-order chi connectivity index (χ0) is 11.5. The third kappa shape index (κ3) is 3.10. The van der Waals surface area contributed by atoms with Crippen LogP contribution in [0.2, 0.25) is 0 Å². The van der Waals surface area contributed by atoms with Crippen molar-refractivity contribution in [2.75, 3.05) is 11.5 Å². The van der Waals surface area contributed by atoms with Gasteiger partial charge in [0.2, 0.25) is 0 Å². The Labute approximate surface area is 91.3 Å². The molecule has 0 aromatic carbocycles. The highest BCUT2D eigenvalue weighted by Gasteiger charge is 2.29. The van der Waals surface area contributed by atoms with Gasteiger partial charge in [0, 0.05) is 16.8 Å². The monoisotopic (exact) mass is 228 g/mol. The van der Waals surface area contributed by atoms with Crippen molar-refractivity contribution in [2.45, 2.75) is 17.4 Å². The van der Waals surface area contributed by atoms with Crippen molar-refractivity contribution in [1.82, 2.24) is 4.98 Å². The van der Waals surface area contributed by atoms with Crippen LogP contribution in [-0.4, -0.2) is 32.5 Å². The maximum Gasteiger partial charge on any atom is 0.336 e. The number of nitrogens with zero attached hydrogens (tertiary/aromatic N) is 1. The summed E-state index contributed by atoms with van der Waals surface area (Å²) in [6.07, 6.45) is 3.05. The molecule has 1 unspecified atom stereocenters. The summed E-state index contributed by atoms with van der Waals surface area (Å²) in [5, 5.41) is 18.1. The average molecular weight is 228 g/mol. The molecule has 1 atom stereocenters. The van der Waals surface area contributed by atoms with Crippen LogP contribution in [0.3, 0.4) is 0 Å². The molecule has 1 aromatic heterocycles. The van der Waals surface area contributed by atoms with Gasteiger partial charge in [-0.05, 0) is 13.0 Å². The highest BCUT2D eigenvalue weighted by molar-refractivity contribution is 7.99. The second kappa shape index (κ2) is 4.50. The highest BCUT2D eigenvalue weighted by Crippen LogP contribution is 2.26. The number of anilines is 1. The molecule has 0 fully saturated rings. The first kappa shape index (κ1) is 11.8. The largest absolute Gasteiger partial charge is 0.479 e. The Morgan fingerprint density at radius 3 is 2.93 bits per heavy atom. The van der Waals surface area contributed by atoms with Crippen LogP contribution in [0.1, 0.15) is 6.92 Å². The fourth-order valence-electron chi connectivity index (χ4n) is 0.805. The number of nitrogens with two attached hydrogens (primary N) is 1. The molecule has 0 aliphatic carbocycles. The van der Waals surface area contributed by atoms with Gasteiger partial charge in [0.15, 0.2) is 5.60 Å². The number of aromatic nitrogens is 1. The summed E-state index contributed by atoms with van der Waals surface area (Å²) in [6, 6.07) is 1.68. The third-order valence-electron chi connectivity index (χ3n) is 1.78. The second-order valence-corrected chi connectivity index (χ2v) is 4.30. The van der Waals surface area contributed by atoms with Crippen LogP contribution < -0.4 is 5.73 Å². The Morgan fingerprint density at radius 1 is 1.73 bits per heavy atom. The first-order chi connectivity index (χ1) is 6.93. The summed E-state index contributed by atoms with van der Waals surface area (Å²) < 4.78 is 0. The molecule has 6 heteroatoms. The van der Waals surface area contributed by atoms with Crippen molar-refractivity contribution >= 4 is 23.4 Å². The van der Waals surface area contributed by atoms with E-state index >= 15 is 0 Å². The van der Waals surface area contributed by atoms with E-state index in [2.05, 4.69) is 4.98 Å². The number of aliphatic hydroxyl groups is 1. The lowest BCUT2D eigenvalue weighted by atomic mass is 10.1. The quantitative estimate of drug-likeness (QED) is 0.653. The Balaban J connectivity index is 2.66. The number of aliphatic carboxylic acids is 1. The molecular weight excluding hydrogens is 216 g/mol. The smallest absolute Gasteiger partial charge is 0.336 e. The van der Waals surface area contributed by atoms with Crippen molar-refractivity contribution in [3.8, 4) is 0 Å². The number of nitrogen functional groups attached to an aromatic ring is 1. The second-order valence-electron chi connectivity index (χ2n) is 3.28. The first-order valence-corrected chi connectivity index (χ1v) is 5.20. The lowest BCUT2D eigenvalue weighted by Crippen LogP contribution is -2.37. The van der Waals surface area contributed by atoms with Gasteiger partial charge in [-0.15, -0.1) is 11.8 Å². The minimum atomic E-state index is -1.75. The van der Waals surface area contributed by atoms with E-state index in [-0.39, 0.29) is 5.75 Å². The molecular formula is C9H12N2O3S. The molecule has 15 heavy (non-hydrogen) atoms. The van der Waals surface area contributed by atoms with Gasteiger partial charge in [-0.25, -0.2) is 4.79 Å². The zero-order valence-corrected chi connectivity index (χ0v) is 8.99. The molecule has 0 bridgehead atoms. The van der Waals surface area contributed by atoms with E-state index in [1.54, 1.807) is 12.3 Å². The normalized spacial score (nSPS) is 14.5. The summed E-state index contributed by atoms with van der Waals surface area (Å²) in [5.41, 5.74) is 4.34. The van der Waals surface area contributed by atoms with E-state index in [1.807, 2.05) is 0 Å². The van der Waals surface area contributed by atoms with Crippen molar-refractivity contribution < 1.29 is 15.0 Å². The van der Waals surface area contributed by atoms with Crippen LogP contribution in [-0.2, 0) is 4.79 Å². The van der Waals surface area contributed by atoms with Crippen molar-refractivity contribution in [3.05, 3.63) is 18.5 Å². The maximum absolute atomic E-state index is 10.6. The van der Waals surface area contributed by atoms with E-state index in [0.29, 0.717) is 10.6 Å². The standard InChI is InChI=1S/C9H12N2O3S/c1-9(14,8(12)13)5-15-7-2-3-11-4-6(7)10/h2-4,14H,5,10H2,1H3,(H,12,13). The fraction of sp³-hybridized carbons (Fsp3) is 0.333. The molecule has 0 saturated carbocycles. The third-order valence-corrected chi connectivity index (χ3v) is 3.17. The summed E-state index contributed by atoms with van der Waals surface area (Å²) in [4.78, 5) is 15.1. The lowest BCUT2D eigenvalue weighted by Gasteiger charge is -2.17. The minimum absolute atomic E-state index is 0.0382. The molecule has 1 heterocycles. The van der Waals surface area contributed by atoms with Crippen LogP contribution in [0.15, 0.2) is 23.4 Å². The molecule has 82 valence electrons. The maximum atomic E-state index is 10.6. The number of rotatable bonds is 4. The van der Waals surface area contributed by atoms with Crippen LogP contribution in [0.5, 0.6) is 0 Å². The molecule has 0 aliphatic heterocycles. The minimum Gasteiger partial charge on any atom is -0.479 e. The Morgan fingerprint density at radius 2 is 2.40 bits per heavy atom. The van der Waals surface area contributed by atoms with Crippen molar-refractivity contribution in [3.63, 3.8) is 0 Å². The number of hydrogen-bond donors (Lipinski definition) is 3. The predicted octanol–water partition coefficient (Wildman–Crippen LogP) is 0.592. The van der Waals surface area contributed by atoms with Crippen LogP contribution in [0, 0.1) is 0 Å². The number of hydrogen-bond acceptors (Lipinski definition) is 5. The SMILES string of the molecule is CC(O)(CSc1ccncc1N)C(=O)O. The van der Waals surface area contributed by atoms with Gasteiger partial charge in [-0.3, -0.25) is 4.98 Å². The van der Waals surface area contributed by atoms with E-state index < -0.39 is 11.6 Å². The summed E-state index contributed by atoms with van der Waals surface area (Å²) in [5.74, 6) is -1.21. The molecule has 4 N–H and O–H groups in total. The molecule has 0 radical (unpaired) electrons. The molecule has 0 saturated heterocycles. The highest BCUT2D eigenvalue weighted by atomic mass is 32.2. The van der Waals surface area contributed by atoms with Crippen LogP contribution in [0.25, 0.3) is 0 Å². The fourth-order valence-corrected chi connectivity index (χ4v) is 1.74. The summed E-state index contributed by atoms with van der Waals surface area (Å²) in [7, 11) is 0. The van der Waals surface area contributed by atoms with Gasteiger partial charge in [0.05, 0.1) is 11.9 Å². The van der Waals surface area contributed by atoms with Gasteiger partial charge < -0.3 is 15.9 Å².